The summed E-state index contributed by atoms with van der Waals surface area (Å²) in [6, 6.07) is 0. The molecule has 0 amide bonds. The molecule has 1 rings (SSSR count). The monoisotopic (exact) mass is 301 g/mol. The van der Waals surface area contributed by atoms with Crippen molar-refractivity contribution in [3.63, 3.8) is 0 Å². The number of esters is 1. The molecule has 1 aromatic heterocycles. The van der Waals surface area contributed by atoms with Crippen molar-refractivity contribution in [3.8, 4) is 0 Å². The molecule has 0 fully saturated rings. The summed E-state index contributed by atoms with van der Waals surface area (Å²) in [6.45, 7) is 3.84. The van der Waals surface area contributed by atoms with Crippen LogP contribution in [-0.4, -0.2) is 45.6 Å². The highest BCUT2D eigenvalue weighted by atomic mass is 16.7. The molecule has 0 aliphatic rings. The second-order valence-electron chi connectivity index (χ2n) is 4.28. The highest BCUT2D eigenvalue weighted by Gasteiger charge is 2.37. The van der Waals surface area contributed by atoms with Crippen LogP contribution in [0.5, 0.6) is 0 Å². The first-order valence-corrected chi connectivity index (χ1v) is 6.05. The molecule has 116 valence electrons. The van der Waals surface area contributed by atoms with E-state index in [0.29, 0.717) is 4.85 Å². The first kappa shape index (κ1) is 16.4. The van der Waals surface area contributed by atoms with Gasteiger partial charge in [-0.15, -0.1) is 5.10 Å². The number of carbonyl (C=O) groups is 2. The van der Waals surface area contributed by atoms with Crippen LogP contribution in [0, 0.1) is 16.0 Å². The molecule has 10 nitrogen and oxygen atoms in total. The Kier molecular flexibility index (Phi) is 5.22. The minimum atomic E-state index is -1.63. The third-order valence-electron chi connectivity index (χ3n) is 2.77. The van der Waals surface area contributed by atoms with E-state index in [1.807, 2.05) is 13.8 Å². The molecular weight excluding hydrogens is 286 g/mol. The summed E-state index contributed by atoms with van der Waals surface area (Å²) in [5.74, 6) is -2.67. The lowest BCUT2D eigenvalue weighted by Gasteiger charge is -2.10. The normalized spacial score (nSPS) is 11.8. The molecule has 0 saturated heterocycles. The Hall–Kier alpha value is -2.65. The zero-order valence-electron chi connectivity index (χ0n) is 11.7. The van der Waals surface area contributed by atoms with Gasteiger partial charge in [-0.25, -0.2) is 9.59 Å². The number of ether oxygens (including phenoxy) is 1. The molecule has 0 radical (unpaired) electrons. The standard InChI is InChI=1S/C11H15N3O7/c1-4-6(2)5-21-13-9(10(15)16)8(14(18)19)7(12-13)11(17)20-3/h6H,4-5H2,1-3H3,(H,15,16). The third kappa shape index (κ3) is 3.46. The summed E-state index contributed by atoms with van der Waals surface area (Å²) in [4.78, 5) is 38.3. The van der Waals surface area contributed by atoms with Crippen molar-refractivity contribution in [1.82, 2.24) is 9.94 Å². The van der Waals surface area contributed by atoms with E-state index >= 15 is 0 Å². The van der Waals surface area contributed by atoms with Gasteiger partial charge in [0.25, 0.3) is 11.4 Å². The van der Waals surface area contributed by atoms with E-state index in [4.69, 9.17) is 9.94 Å². The van der Waals surface area contributed by atoms with Crippen LogP contribution in [0.1, 0.15) is 41.2 Å². The summed E-state index contributed by atoms with van der Waals surface area (Å²) in [7, 11) is 1.01. The van der Waals surface area contributed by atoms with Gasteiger partial charge in [0, 0.05) is 0 Å². The Balaban J connectivity index is 3.33. The van der Waals surface area contributed by atoms with Crippen molar-refractivity contribution in [2.24, 2.45) is 5.92 Å². The maximum absolute atomic E-state index is 11.5. The number of carboxylic acid groups (broad SMARTS) is 1. The molecule has 1 atom stereocenters. The number of rotatable bonds is 7. The number of nitrogens with zero attached hydrogens (tertiary/aromatic N) is 3. The highest BCUT2D eigenvalue weighted by molar-refractivity contribution is 5.99. The van der Waals surface area contributed by atoms with Gasteiger partial charge >= 0.3 is 17.6 Å². The highest BCUT2D eigenvalue weighted by Crippen LogP contribution is 2.24. The fourth-order valence-electron chi connectivity index (χ4n) is 1.39. The first-order valence-electron chi connectivity index (χ1n) is 6.05. The van der Waals surface area contributed by atoms with E-state index in [-0.39, 0.29) is 12.5 Å². The number of carboxylic acids is 1. The van der Waals surface area contributed by atoms with Crippen molar-refractivity contribution in [3.05, 3.63) is 21.5 Å². The van der Waals surface area contributed by atoms with Crippen LogP contribution in [0.2, 0.25) is 0 Å². The zero-order chi connectivity index (χ0) is 16.2. The molecule has 21 heavy (non-hydrogen) atoms. The van der Waals surface area contributed by atoms with Crippen LogP contribution < -0.4 is 4.84 Å². The molecule has 0 aliphatic heterocycles. The fourth-order valence-corrected chi connectivity index (χ4v) is 1.39. The van der Waals surface area contributed by atoms with E-state index in [1.54, 1.807) is 0 Å². The molecule has 0 spiro atoms. The molecule has 0 aliphatic carbocycles. The summed E-state index contributed by atoms with van der Waals surface area (Å²) in [5.41, 5.74) is -2.51. The lowest BCUT2D eigenvalue weighted by atomic mass is 10.1. The van der Waals surface area contributed by atoms with Crippen LogP contribution in [0.15, 0.2) is 0 Å². The van der Waals surface area contributed by atoms with Crippen molar-refractivity contribution < 1.29 is 29.2 Å². The van der Waals surface area contributed by atoms with E-state index in [0.717, 1.165) is 13.5 Å². The minimum absolute atomic E-state index is 0.0801. The van der Waals surface area contributed by atoms with Crippen molar-refractivity contribution in [2.75, 3.05) is 13.7 Å². The van der Waals surface area contributed by atoms with E-state index in [2.05, 4.69) is 9.84 Å². The molecule has 10 heteroatoms. The molecule has 0 saturated carbocycles. The predicted octanol–water partition coefficient (Wildman–Crippen LogP) is 0.751. The van der Waals surface area contributed by atoms with Crippen molar-refractivity contribution >= 4 is 17.6 Å². The number of aromatic nitrogens is 2. The lowest BCUT2D eigenvalue weighted by molar-refractivity contribution is -0.385. The van der Waals surface area contributed by atoms with Crippen LogP contribution in [0.3, 0.4) is 0 Å². The summed E-state index contributed by atoms with van der Waals surface area (Å²) in [6.07, 6.45) is 0.760. The van der Waals surface area contributed by atoms with Crippen LogP contribution in [0.25, 0.3) is 0 Å². The number of methoxy groups -OCH3 is 1. The summed E-state index contributed by atoms with van der Waals surface area (Å²) < 4.78 is 4.35. The van der Waals surface area contributed by atoms with Gasteiger partial charge in [-0.2, -0.15) is 0 Å². The fraction of sp³-hybridized carbons (Fsp3) is 0.545. The van der Waals surface area contributed by atoms with Crippen LogP contribution >= 0.6 is 0 Å². The number of aromatic carboxylic acids is 1. The number of hydrogen-bond donors (Lipinski definition) is 1. The topological polar surface area (TPSA) is 134 Å². The van der Waals surface area contributed by atoms with Crippen molar-refractivity contribution in [2.45, 2.75) is 20.3 Å². The van der Waals surface area contributed by atoms with Gasteiger partial charge in [0.2, 0.25) is 0 Å². The number of carbonyl (C=O) groups excluding carboxylic acids is 1. The Bertz CT molecular complexity index is 566. The minimum Gasteiger partial charge on any atom is -0.476 e. The van der Waals surface area contributed by atoms with E-state index < -0.39 is 33.9 Å². The maximum Gasteiger partial charge on any atom is 0.366 e. The zero-order valence-corrected chi connectivity index (χ0v) is 11.7. The van der Waals surface area contributed by atoms with Crippen LogP contribution in [-0.2, 0) is 4.74 Å². The SMILES string of the molecule is CCC(C)COn1nc(C(=O)OC)c([N+](=O)[O-])c1C(=O)O. The summed E-state index contributed by atoms with van der Waals surface area (Å²) >= 11 is 0. The number of hydrogen-bond acceptors (Lipinski definition) is 7. The van der Waals surface area contributed by atoms with E-state index in [9.17, 15) is 19.7 Å². The molecular formula is C11H15N3O7. The Morgan fingerprint density at radius 1 is 1.52 bits per heavy atom. The second-order valence-corrected chi connectivity index (χ2v) is 4.28. The Morgan fingerprint density at radius 3 is 2.57 bits per heavy atom. The largest absolute Gasteiger partial charge is 0.476 e. The smallest absolute Gasteiger partial charge is 0.366 e. The van der Waals surface area contributed by atoms with Gasteiger partial charge in [0.15, 0.2) is 0 Å². The van der Waals surface area contributed by atoms with Crippen molar-refractivity contribution in [1.29, 1.82) is 0 Å². The lowest BCUT2D eigenvalue weighted by Crippen LogP contribution is -2.23. The molecule has 1 heterocycles. The maximum atomic E-state index is 11.5. The van der Waals surface area contributed by atoms with Crippen LogP contribution in [0.4, 0.5) is 5.69 Å². The predicted molar refractivity (Wildman–Crippen MR) is 68.1 cm³/mol. The molecule has 1 aromatic rings. The van der Waals surface area contributed by atoms with E-state index in [1.165, 1.54) is 0 Å². The second kappa shape index (κ2) is 6.68. The van der Waals surface area contributed by atoms with Gasteiger partial charge in [0.1, 0.15) is 6.61 Å². The number of nitro groups is 1. The van der Waals surface area contributed by atoms with Gasteiger partial charge in [-0.1, -0.05) is 25.1 Å². The third-order valence-corrected chi connectivity index (χ3v) is 2.77. The molecule has 0 bridgehead atoms. The average Bonchev–Trinajstić information content (AvgIpc) is 2.83. The first-order chi connectivity index (χ1) is 9.83. The Morgan fingerprint density at radius 2 is 2.14 bits per heavy atom. The Labute approximate surface area is 119 Å². The molecule has 1 N–H and O–H groups in total. The van der Waals surface area contributed by atoms with Gasteiger partial charge < -0.3 is 14.7 Å². The van der Waals surface area contributed by atoms with Gasteiger partial charge in [0.05, 0.1) is 12.0 Å². The molecule has 0 aromatic carbocycles. The summed E-state index contributed by atoms with van der Waals surface area (Å²) in [5, 5.41) is 23.6. The average molecular weight is 301 g/mol. The van der Waals surface area contributed by atoms with Gasteiger partial charge in [-0.05, 0) is 5.92 Å². The van der Waals surface area contributed by atoms with Gasteiger partial charge in [-0.3, -0.25) is 10.1 Å². The molecule has 1 unspecified atom stereocenters. The quantitative estimate of drug-likeness (QED) is 0.443.